The Balaban J connectivity index is 1.66. The van der Waals surface area contributed by atoms with Crippen LogP contribution < -0.4 is 15.4 Å². The first-order chi connectivity index (χ1) is 15.1. The van der Waals surface area contributed by atoms with Gasteiger partial charge in [-0.2, -0.15) is 0 Å². The van der Waals surface area contributed by atoms with Crippen LogP contribution in [0.25, 0.3) is 0 Å². The van der Waals surface area contributed by atoms with Gasteiger partial charge in [0, 0.05) is 11.3 Å². The lowest BCUT2D eigenvalue weighted by Crippen LogP contribution is -2.48. The fraction of sp³-hybridized carbons (Fsp3) is 0.364. The van der Waals surface area contributed by atoms with E-state index in [1.165, 1.54) is 48.5 Å². The van der Waals surface area contributed by atoms with E-state index in [2.05, 4.69) is 15.4 Å². The first-order valence-corrected chi connectivity index (χ1v) is 11.7. The molecular weight excluding hydrogens is 437 g/mol. The minimum atomic E-state index is -3.67. The van der Waals surface area contributed by atoms with Gasteiger partial charge in [-0.3, -0.25) is 9.59 Å². The van der Waals surface area contributed by atoms with E-state index in [1.807, 2.05) is 13.8 Å². The lowest BCUT2D eigenvalue weighted by Gasteiger charge is -2.26. The molecule has 3 N–H and O–H groups in total. The van der Waals surface area contributed by atoms with Crippen LogP contribution in [0.5, 0.6) is 0 Å². The number of nitrogens with one attached hydrogen (secondary N) is 3. The second-order valence-corrected chi connectivity index (χ2v) is 9.75. The number of ether oxygens (including phenoxy) is 1. The molecule has 0 radical (unpaired) electrons. The summed E-state index contributed by atoms with van der Waals surface area (Å²) in [6.07, 6.45) is 0.388. The lowest BCUT2D eigenvalue weighted by molar-refractivity contribution is -0.118. The Morgan fingerprint density at radius 3 is 2.22 bits per heavy atom. The summed E-state index contributed by atoms with van der Waals surface area (Å²) in [5.74, 6) is -1.26. The van der Waals surface area contributed by atoms with Crippen LogP contribution in [0.4, 0.5) is 10.1 Å². The summed E-state index contributed by atoms with van der Waals surface area (Å²) in [7, 11) is -3.67. The lowest BCUT2D eigenvalue weighted by atomic mass is 10.0. The molecule has 2 amide bonds. The third-order valence-electron chi connectivity index (χ3n) is 4.83. The maximum Gasteiger partial charge on any atom is 0.251 e. The topological polar surface area (TPSA) is 114 Å². The summed E-state index contributed by atoms with van der Waals surface area (Å²) in [6.45, 7) is 4.52. The smallest absolute Gasteiger partial charge is 0.251 e. The molecule has 1 saturated heterocycles. The highest BCUT2D eigenvalue weighted by Gasteiger charge is 2.26. The Morgan fingerprint density at radius 1 is 1.06 bits per heavy atom. The first kappa shape index (κ1) is 23.8. The van der Waals surface area contributed by atoms with E-state index >= 15 is 0 Å². The van der Waals surface area contributed by atoms with Crippen LogP contribution in [0, 0.1) is 11.7 Å². The maximum atomic E-state index is 13.1. The minimum absolute atomic E-state index is 0.0748. The van der Waals surface area contributed by atoms with E-state index in [4.69, 9.17) is 4.74 Å². The number of carbonyl (C=O) groups is 2. The van der Waals surface area contributed by atoms with E-state index in [1.54, 1.807) is 0 Å². The summed E-state index contributed by atoms with van der Waals surface area (Å²) >= 11 is 0. The molecule has 1 atom stereocenters. The fourth-order valence-electron chi connectivity index (χ4n) is 3.08. The van der Waals surface area contributed by atoms with E-state index in [0.29, 0.717) is 25.3 Å². The zero-order valence-corrected chi connectivity index (χ0v) is 18.6. The molecule has 1 aliphatic rings. The predicted molar refractivity (Wildman–Crippen MR) is 117 cm³/mol. The number of hydrogen-bond acceptors (Lipinski definition) is 5. The molecule has 2 aromatic rings. The molecule has 0 bridgehead atoms. The molecule has 0 spiro atoms. The summed E-state index contributed by atoms with van der Waals surface area (Å²) in [5, 5.41) is 5.39. The Bertz CT molecular complexity index is 1050. The maximum absolute atomic E-state index is 13.1. The minimum Gasteiger partial charge on any atom is -0.378 e. The van der Waals surface area contributed by atoms with Crippen molar-refractivity contribution in [3.63, 3.8) is 0 Å². The van der Waals surface area contributed by atoms with Gasteiger partial charge in [0.15, 0.2) is 0 Å². The molecule has 0 unspecified atom stereocenters. The molecule has 32 heavy (non-hydrogen) atoms. The summed E-state index contributed by atoms with van der Waals surface area (Å²) in [6, 6.07) is 9.74. The number of amides is 2. The van der Waals surface area contributed by atoms with Crippen molar-refractivity contribution in [2.24, 2.45) is 5.92 Å². The van der Waals surface area contributed by atoms with Gasteiger partial charge < -0.3 is 15.4 Å². The van der Waals surface area contributed by atoms with Crippen LogP contribution in [0.15, 0.2) is 53.4 Å². The number of hydrogen-bond donors (Lipinski definition) is 3. The van der Waals surface area contributed by atoms with Crippen LogP contribution in [0.3, 0.4) is 0 Å². The van der Waals surface area contributed by atoms with Crippen LogP contribution in [-0.2, 0) is 19.6 Å². The predicted octanol–water partition coefficient (Wildman–Crippen LogP) is 2.29. The highest BCUT2D eigenvalue weighted by atomic mass is 32.2. The SMILES string of the molecule is CC(C)C[C@H](NC(=O)c1ccc(F)cc1)C(=O)Nc1ccc(S(=O)(=O)NC2COC2)cc1. The molecule has 0 aliphatic carbocycles. The van der Waals surface area contributed by atoms with Crippen molar-refractivity contribution in [1.82, 2.24) is 10.0 Å². The third kappa shape index (κ3) is 6.35. The molecule has 2 aromatic carbocycles. The Morgan fingerprint density at radius 2 is 1.69 bits per heavy atom. The van der Waals surface area contributed by atoms with Crippen molar-refractivity contribution in [1.29, 1.82) is 0 Å². The van der Waals surface area contributed by atoms with Crippen molar-refractivity contribution >= 4 is 27.5 Å². The van der Waals surface area contributed by atoms with E-state index in [0.717, 1.165) is 0 Å². The van der Waals surface area contributed by atoms with Gasteiger partial charge in [-0.15, -0.1) is 0 Å². The highest BCUT2D eigenvalue weighted by molar-refractivity contribution is 7.89. The normalized spacial score (nSPS) is 15.1. The molecule has 0 saturated carbocycles. The third-order valence-corrected chi connectivity index (χ3v) is 6.36. The van der Waals surface area contributed by atoms with Gasteiger partial charge >= 0.3 is 0 Å². The van der Waals surface area contributed by atoms with Gasteiger partial charge in [-0.05, 0) is 60.9 Å². The standard InChI is InChI=1S/C22H26FN3O5S/c1-14(2)11-20(25-21(27)15-3-5-16(23)6-4-15)22(28)24-17-7-9-19(10-8-17)32(29,30)26-18-12-31-13-18/h3-10,14,18,20,26H,11-13H2,1-2H3,(H,24,28)(H,25,27)/t20-/m0/s1. The van der Waals surface area contributed by atoms with Crippen molar-refractivity contribution in [3.8, 4) is 0 Å². The van der Waals surface area contributed by atoms with Gasteiger partial charge in [0.1, 0.15) is 11.9 Å². The molecule has 1 heterocycles. The Kier molecular flexibility index (Phi) is 7.60. The second kappa shape index (κ2) is 10.2. The van der Waals surface area contributed by atoms with E-state index in [9.17, 15) is 22.4 Å². The number of rotatable bonds is 9. The van der Waals surface area contributed by atoms with E-state index in [-0.39, 0.29) is 22.4 Å². The average Bonchev–Trinajstić information content (AvgIpc) is 2.71. The van der Waals surface area contributed by atoms with Crippen LogP contribution in [-0.4, -0.2) is 45.5 Å². The summed E-state index contributed by atoms with van der Waals surface area (Å²) in [4.78, 5) is 25.4. The monoisotopic (exact) mass is 463 g/mol. The van der Waals surface area contributed by atoms with E-state index < -0.39 is 33.7 Å². The summed E-state index contributed by atoms with van der Waals surface area (Å²) < 4.78 is 45.3. The van der Waals surface area contributed by atoms with Gasteiger partial charge in [0.2, 0.25) is 15.9 Å². The molecule has 10 heteroatoms. The largest absolute Gasteiger partial charge is 0.378 e. The van der Waals surface area contributed by atoms with Crippen molar-refractivity contribution in [2.75, 3.05) is 18.5 Å². The van der Waals surface area contributed by atoms with Crippen molar-refractivity contribution in [2.45, 2.75) is 37.2 Å². The molecule has 1 aliphatic heterocycles. The number of anilines is 1. The number of sulfonamides is 1. The number of benzene rings is 2. The fourth-order valence-corrected chi connectivity index (χ4v) is 4.29. The molecule has 0 aromatic heterocycles. The van der Waals surface area contributed by atoms with Crippen LogP contribution in [0.1, 0.15) is 30.6 Å². The highest BCUT2D eigenvalue weighted by Crippen LogP contribution is 2.17. The van der Waals surface area contributed by atoms with Crippen molar-refractivity contribution in [3.05, 3.63) is 59.9 Å². The second-order valence-electron chi connectivity index (χ2n) is 8.03. The van der Waals surface area contributed by atoms with Gasteiger partial charge in [0.05, 0.1) is 24.2 Å². The summed E-state index contributed by atoms with van der Waals surface area (Å²) in [5.41, 5.74) is 0.637. The number of carbonyl (C=O) groups excluding carboxylic acids is 2. The van der Waals surface area contributed by atoms with Gasteiger partial charge in [-0.25, -0.2) is 17.5 Å². The quantitative estimate of drug-likeness (QED) is 0.528. The van der Waals surface area contributed by atoms with Crippen LogP contribution in [0.2, 0.25) is 0 Å². The Labute approximate surface area is 186 Å². The van der Waals surface area contributed by atoms with Crippen molar-refractivity contribution < 1.29 is 27.1 Å². The molecule has 1 fully saturated rings. The molecular formula is C22H26FN3O5S. The zero-order chi connectivity index (χ0) is 23.3. The molecule has 172 valence electrons. The molecule has 3 rings (SSSR count). The van der Waals surface area contributed by atoms with Gasteiger partial charge in [0.25, 0.3) is 5.91 Å². The molecule has 8 nitrogen and oxygen atoms in total. The zero-order valence-electron chi connectivity index (χ0n) is 17.8. The Hall–Kier alpha value is -2.82. The van der Waals surface area contributed by atoms with Crippen LogP contribution >= 0.6 is 0 Å². The number of halogens is 1. The first-order valence-electron chi connectivity index (χ1n) is 10.2. The van der Waals surface area contributed by atoms with Gasteiger partial charge in [-0.1, -0.05) is 13.8 Å². The average molecular weight is 464 g/mol.